The number of non-ortho nitro benzene ring substituents is 1. The van der Waals surface area contributed by atoms with Gasteiger partial charge in [-0.1, -0.05) is 13.8 Å². The molecule has 2 N–H and O–H groups in total. The van der Waals surface area contributed by atoms with E-state index in [-0.39, 0.29) is 17.5 Å². The first-order valence-electron chi connectivity index (χ1n) is 7.31. The fourth-order valence-electron chi connectivity index (χ4n) is 1.91. The number of carbonyl (C=O) groups is 2. The van der Waals surface area contributed by atoms with E-state index < -0.39 is 11.1 Å². The van der Waals surface area contributed by atoms with Crippen LogP contribution in [-0.2, 0) is 9.59 Å². The van der Waals surface area contributed by atoms with Gasteiger partial charge in [0.2, 0.25) is 11.8 Å². The number of nitrogens with zero attached hydrogens (tertiary/aromatic N) is 1. The molecule has 1 rings (SSSR count). The van der Waals surface area contributed by atoms with Crippen LogP contribution in [0.5, 0.6) is 0 Å². The zero-order valence-electron chi connectivity index (χ0n) is 12.8. The molecule has 0 fully saturated rings. The minimum Gasteiger partial charge on any atom is -0.332 e. The summed E-state index contributed by atoms with van der Waals surface area (Å²) in [4.78, 5) is 33.7. The third-order valence-electron chi connectivity index (χ3n) is 3.00. The van der Waals surface area contributed by atoms with Crippen molar-refractivity contribution in [2.75, 3.05) is 0 Å². The van der Waals surface area contributed by atoms with Crippen LogP contribution >= 0.6 is 0 Å². The van der Waals surface area contributed by atoms with Crippen LogP contribution in [0.3, 0.4) is 0 Å². The molecule has 7 nitrogen and oxygen atoms in total. The maximum atomic E-state index is 11.8. The van der Waals surface area contributed by atoms with Gasteiger partial charge in [-0.05, 0) is 30.5 Å². The molecule has 1 aromatic carbocycles. The molecule has 0 saturated heterocycles. The SMILES string of the molecule is CCCC(=O)NC(NC(=O)CCC)c1ccc([N+](=O)[O-])cc1. The quantitative estimate of drug-likeness (QED) is 0.437. The van der Waals surface area contributed by atoms with Crippen LogP contribution in [0.15, 0.2) is 24.3 Å². The minimum atomic E-state index is -0.682. The molecule has 0 aromatic heterocycles. The smallest absolute Gasteiger partial charge is 0.269 e. The molecule has 0 heterocycles. The number of amides is 2. The third kappa shape index (κ3) is 5.51. The van der Waals surface area contributed by atoms with E-state index in [9.17, 15) is 19.7 Å². The lowest BCUT2D eigenvalue weighted by Gasteiger charge is -2.20. The first-order valence-corrected chi connectivity index (χ1v) is 7.31. The zero-order valence-corrected chi connectivity index (χ0v) is 12.8. The molecular formula is C15H21N3O4. The van der Waals surface area contributed by atoms with Crippen LogP contribution in [-0.4, -0.2) is 16.7 Å². The molecule has 2 amide bonds. The highest BCUT2D eigenvalue weighted by molar-refractivity contribution is 5.79. The Morgan fingerprint density at radius 3 is 1.86 bits per heavy atom. The molecule has 0 spiro atoms. The molecule has 120 valence electrons. The van der Waals surface area contributed by atoms with E-state index in [1.807, 2.05) is 13.8 Å². The topological polar surface area (TPSA) is 101 Å². The van der Waals surface area contributed by atoms with E-state index in [4.69, 9.17) is 0 Å². The first kappa shape index (κ1) is 17.6. The molecule has 0 aliphatic rings. The molecule has 1 aromatic rings. The van der Waals surface area contributed by atoms with E-state index in [2.05, 4.69) is 10.6 Å². The Morgan fingerprint density at radius 1 is 1.05 bits per heavy atom. The van der Waals surface area contributed by atoms with Gasteiger partial charge in [0, 0.05) is 25.0 Å². The summed E-state index contributed by atoms with van der Waals surface area (Å²) in [5.41, 5.74) is 0.557. The van der Waals surface area contributed by atoms with Gasteiger partial charge in [0.25, 0.3) is 5.69 Å². The van der Waals surface area contributed by atoms with Gasteiger partial charge in [-0.15, -0.1) is 0 Å². The molecule has 0 aliphatic heterocycles. The van der Waals surface area contributed by atoms with Crippen molar-refractivity contribution in [3.8, 4) is 0 Å². The molecule has 0 atom stereocenters. The van der Waals surface area contributed by atoms with Crippen LogP contribution in [0.1, 0.15) is 51.3 Å². The van der Waals surface area contributed by atoms with E-state index in [0.717, 1.165) is 0 Å². The average Bonchev–Trinajstić information content (AvgIpc) is 2.47. The van der Waals surface area contributed by atoms with Crippen molar-refractivity contribution in [2.45, 2.75) is 45.7 Å². The predicted molar refractivity (Wildman–Crippen MR) is 81.9 cm³/mol. The summed E-state index contributed by atoms with van der Waals surface area (Å²) >= 11 is 0. The van der Waals surface area contributed by atoms with Crippen LogP contribution in [0, 0.1) is 10.1 Å². The van der Waals surface area contributed by atoms with Crippen molar-refractivity contribution < 1.29 is 14.5 Å². The summed E-state index contributed by atoms with van der Waals surface area (Å²) in [5.74, 6) is -0.356. The van der Waals surface area contributed by atoms with Crippen molar-refractivity contribution in [3.05, 3.63) is 39.9 Å². The highest BCUT2D eigenvalue weighted by Crippen LogP contribution is 2.17. The Labute approximate surface area is 129 Å². The normalized spacial score (nSPS) is 10.3. The summed E-state index contributed by atoms with van der Waals surface area (Å²) in [6.45, 7) is 3.77. The van der Waals surface area contributed by atoms with Gasteiger partial charge >= 0.3 is 0 Å². The van der Waals surface area contributed by atoms with Crippen molar-refractivity contribution in [2.24, 2.45) is 0 Å². The lowest BCUT2D eigenvalue weighted by Crippen LogP contribution is -2.40. The molecule has 0 aliphatic carbocycles. The van der Waals surface area contributed by atoms with Crippen molar-refractivity contribution in [3.63, 3.8) is 0 Å². The first-order chi connectivity index (χ1) is 10.5. The largest absolute Gasteiger partial charge is 0.332 e. The molecule has 0 saturated carbocycles. The summed E-state index contributed by atoms with van der Waals surface area (Å²) in [7, 11) is 0. The summed E-state index contributed by atoms with van der Waals surface area (Å²) in [6, 6.07) is 5.75. The zero-order chi connectivity index (χ0) is 16.5. The molecular weight excluding hydrogens is 286 g/mol. The summed E-state index contributed by atoms with van der Waals surface area (Å²) in [5, 5.41) is 16.1. The van der Waals surface area contributed by atoms with Crippen molar-refractivity contribution >= 4 is 17.5 Å². The summed E-state index contributed by atoms with van der Waals surface area (Å²) in [6.07, 6.45) is 1.42. The number of hydrogen-bond acceptors (Lipinski definition) is 4. The fraction of sp³-hybridized carbons (Fsp3) is 0.467. The molecule has 0 bridgehead atoms. The minimum absolute atomic E-state index is 0.0396. The monoisotopic (exact) mass is 307 g/mol. The van der Waals surface area contributed by atoms with E-state index >= 15 is 0 Å². The van der Waals surface area contributed by atoms with Crippen LogP contribution in [0.25, 0.3) is 0 Å². The van der Waals surface area contributed by atoms with Crippen molar-refractivity contribution in [1.82, 2.24) is 10.6 Å². The second-order valence-electron chi connectivity index (χ2n) is 4.92. The van der Waals surface area contributed by atoms with E-state index in [1.54, 1.807) is 0 Å². The average molecular weight is 307 g/mol. The number of benzene rings is 1. The Kier molecular flexibility index (Phi) is 7.01. The molecule has 0 unspecified atom stereocenters. The van der Waals surface area contributed by atoms with Gasteiger partial charge in [-0.25, -0.2) is 0 Å². The number of nitro groups is 1. The second-order valence-corrected chi connectivity index (χ2v) is 4.92. The van der Waals surface area contributed by atoms with E-state index in [1.165, 1.54) is 24.3 Å². The standard InChI is InChI=1S/C15H21N3O4/c1-3-5-13(19)16-15(17-14(20)6-4-2)11-7-9-12(10-8-11)18(21)22/h7-10,15H,3-6H2,1-2H3,(H,16,19)(H,17,20). The molecule has 0 radical (unpaired) electrons. The highest BCUT2D eigenvalue weighted by Gasteiger charge is 2.17. The van der Waals surface area contributed by atoms with Gasteiger partial charge in [0.1, 0.15) is 6.17 Å². The lowest BCUT2D eigenvalue weighted by molar-refractivity contribution is -0.384. The number of rotatable bonds is 8. The van der Waals surface area contributed by atoms with E-state index in [0.29, 0.717) is 31.2 Å². The Morgan fingerprint density at radius 2 is 1.50 bits per heavy atom. The van der Waals surface area contributed by atoms with Gasteiger partial charge in [-0.3, -0.25) is 19.7 Å². The number of nitrogens with one attached hydrogen (secondary N) is 2. The third-order valence-corrected chi connectivity index (χ3v) is 3.00. The maximum Gasteiger partial charge on any atom is 0.269 e. The Bertz CT molecular complexity index is 508. The fourth-order valence-corrected chi connectivity index (χ4v) is 1.91. The van der Waals surface area contributed by atoms with Crippen LogP contribution in [0.4, 0.5) is 5.69 Å². The second kappa shape index (κ2) is 8.76. The van der Waals surface area contributed by atoms with Gasteiger partial charge < -0.3 is 10.6 Å². The maximum absolute atomic E-state index is 11.8. The number of nitro benzene ring substituents is 1. The van der Waals surface area contributed by atoms with Crippen LogP contribution < -0.4 is 10.6 Å². The summed E-state index contributed by atoms with van der Waals surface area (Å²) < 4.78 is 0. The molecule has 22 heavy (non-hydrogen) atoms. The highest BCUT2D eigenvalue weighted by atomic mass is 16.6. The van der Waals surface area contributed by atoms with Gasteiger partial charge in [0.15, 0.2) is 0 Å². The Hall–Kier alpha value is -2.44. The van der Waals surface area contributed by atoms with Crippen molar-refractivity contribution in [1.29, 1.82) is 0 Å². The number of hydrogen-bond donors (Lipinski definition) is 2. The lowest BCUT2D eigenvalue weighted by atomic mass is 10.1. The van der Waals surface area contributed by atoms with Gasteiger partial charge in [-0.2, -0.15) is 0 Å². The predicted octanol–water partition coefficient (Wildman–Crippen LogP) is 2.43. The van der Waals surface area contributed by atoms with Gasteiger partial charge in [0.05, 0.1) is 4.92 Å². The Balaban J connectivity index is 2.89. The molecule has 7 heteroatoms. The van der Waals surface area contributed by atoms with Crippen LogP contribution in [0.2, 0.25) is 0 Å². The number of carbonyl (C=O) groups excluding carboxylic acids is 2.